The second-order valence-electron chi connectivity index (χ2n) is 6.28. The Labute approximate surface area is 131 Å². The summed E-state index contributed by atoms with van der Waals surface area (Å²) in [5.74, 6) is -0.349. The van der Waals surface area contributed by atoms with Crippen molar-refractivity contribution in [3.63, 3.8) is 0 Å². The molecule has 4 nitrogen and oxygen atoms in total. The van der Waals surface area contributed by atoms with Gasteiger partial charge in [0.05, 0.1) is 6.10 Å². The van der Waals surface area contributed by atoms with E-state index in [1.807, 2.05) is 6.92 Å². The topological polar surface area (TPSA) is 58.6 Å². The molecule has 1 rings (SSSR count). The number of hydrogen-bond donors (Lipinski definition) is 2. The van der Waals surface area contributed by atoms with Crippen LogP contribution in [0, 0.1) is 5.82 Å². The van der Waals surface area contributed by atoms with Crippen LogP contribution in [0.15, 0.2) is 18.2 Å². The van der Waals surface area contributed by atoms with Gasteiger partial charge in [0.15, 0.2) is 0 Å². The van der Waals surface area contributed by atoms with E-state index in [0.29, 0.717) is 24.9 Å². The number of aryl methyl sites for hydroxylation is 1. The van der Waals surface area contributed by atoms with E-state index in [0.717, 1.165) is 12.0 Å². The highest BCUT2D eigenvalue weighted by molar-refractivity contribution is 5.67. The maximum Gasteiger partial charge on any atom is 0.407 e. The van der Waals surface area contributed by atoms with E-state index in [9.17, 15) is 14.3 Å². The zero-order chi connectivity index (χ0) is 16.8. The summed E-state index contributed by atoms with van der Waals surface area (Å²) in [6.07, 6.45) is 0.572. The number of carbonyl (C=O) groups excluding carboxylic acids is 1. The Bertz CT molecular complexity index is 497. The highest BCUT2D eigenvalue weighted by Gasteiger charge is 2.16. The number of rotatable bonds is 6. The van der Waals surface area contributed by atoms with Crippen molar-refractivity contribution < 1.29 is 19.0 Å². The molecule has 22 heavy (non-hydrogen) atoms. The summed E-state index contributed by atoms with van der Waals surface area (Å²) >= 11 is 0. The zero-order valence-electron chi connectivity index (χ0n) is 13.8. The van der Waals surface area contributed by atoms with E-state index in [2.05, 4.69) is 5.32 Å². The van der Waals surface area contributed by atoms with Gasteiger partial charge in [0.1, 0.15) is 11.4 Å². The second kappa shape index (κ2) is 8.13. The molecule has 0 saturated heterocycles. The molecule has 0 spiro atoms. The van der Waals surface area contributed by atoms with E-state index in [-0.39, 0.29) is 5.82 Å². The molecule has 1 aromatic rings. The molecule has 0 aliphatic heterocycles. The van der Waals surface area contributed by atoms with Crippen LogP contribution < -0.4 is 5.32 Å². The lowest BCUT2D eigenvalue weighted by atomic mass is 9.97. The fraction of sp³-hybridized carbons (Fsp3) is 0.588. The van der Waals surface area contributed by atoms with Crippen molar-refractivity contribution >= 4 is 6.09 Å². The van der Waals surface area contributed by atoms with Crippen LogP contribution in [0.5, 0.6) is 0 Å². The van der Waals surface area contributed by atoms with Crippen LogP contribution in [-0.4, -0.2) is 23.3 Å². The smallest absolute Gasteiger partial charge is 0.407 e. The minimum atomic E-state index is -0.730. The second-order valence-corrected chi connectivity index (χ2v) is 6.28. The Morgan fingerprint density at radius 1 is 1.41 bits per heavy atom. The van der Waals surface area contributed by atoms with Gasteiger partial charge in [0, 0.05) is 6.54 Å². The number of aliphatic hydroxyl groups excluding tert-OH is 1. The number of amides is 1. The molecule has 1 amide bonds. The summed E-state index contributed by atoms with van der Waals surface area (Å²) in [7, 11) is 0. The Morgan fingerprint density at radius 2 is 2.09 bits per heavy atom. The molecule has 1 unspecified atom stereocenters. The van der Waals surface area contributed by atoms with Crippen LogP contribution in [0.25, 0.3) is 0 Å². The number of benzene rings is 1. The van der Waals surface area contributed by atoms with Crippen LogP contribution in [0.2, 0.25) is 0 Å². The number of halogens is 1. The first-order valence-corrected chi connectivity index (χ1v) is 7.66. The molecule has 0 aliphatic rings. The molecule has 0 radical (unpaired) electrons. The number of aliphatic hydroxyl groups is 1. The minimum Gasteiger partial charge on any atom is -0.444 e. The molecule has 0 fully saturated rings. The monoisotopic (exact) mass is 311 g/mol. The standard InChI is InChI=1S/C17H26FNO3/c1-5-12-8-9-13(18)11-14(12)15(20)7-6-10-19-16(21)22-17(2,3)4/h8-9,11,15,20H,5-7,10H2,1-4H3,(H,19,21). The van der Waals surface area contributed by atoms with Crippen molar-refractivity contribution in [2.45, 2.75) is 58.7 Å². The number of ether oxygens (including phenoxy) is 1. The largest absolute Gasteiger partial charge is 0.444 e. The van der Waals surface area contributed by atoms with Crippen molar-refractivity contribution in [1.82, 2.24) is 5.32 Å². The Balaban J connectivity index is 2.42. The van der Waals surface area contributed by atoms with Gasteiger partial charge in [-0.25, -0.2) is 9.18 Å². The third-order valence-corrected chi connectivity index (χ3v) is 3.17. The van der Waals surface area contributed by atoms with Gasteiger partial charge in [-0.05, 0) is 63.3 Å². The molecule has 2 N–H and O–H groups in total. The highest BCUT2D eigenvalue weighted by atomic mass is 19.1. The predicted octanol–water partition coefficient (Wildman–Crippen LogP) is 3.73. The molecule has 0 aromatic heterocycles. The van der Waals surface area contributed by atoms with Crippen LogP contribution in [0.4, 0.5) is 9.18 Å². The number of carbonyl (C=O) groups is 1. The first-order valence-electron chi connectivity index (χ1n) is 7.66. The van der Waals surface area contributed by atoms with Gasteiger partial charge in [0.25, 0.3) is 0 Å². The Hall–Kier alpha value is -1.62. The lowest BCUT2D eigenvalue weighted by Crippen LogP contribution is -2.33. The molecule has 0 bridgehead atoms. The fourth-order valence-electron chi connectivity index (χ4n) is 2.15. The van der Waals surface area contributed by atoms with Crippen molar-refractivity contribution in [2.24, 2.45) is 0 Å². The Kier molecular flexibility index (Phi) is 6.81. The lowest BCUT2D eigenvalue weighted by molar-refractivity contribution is 0.0523. The third-order valence-electron chi connectivity index (χ3n) is 3.17. The summed E-state index contributed by atoms with van der Waals surface area (Å²) < 4.78 is 18.4. The summed E-state index contributed by atoms with van der Waals surface area (Å²) in [5, 5.41) is 12.8. The summed E-state index contributed by atoms with van der Waals surface area (Å²) in [5.41, 5.74) is 1.04. The van der Waals surface area contributed by atoms with E-state index < -0.39 is 17.8 Å². The van der Waals surface area contributed by atoms with Gasteiger partial charge in [-0.1, -0.05) is 13.0 Å². The van der Waals surface area contributed by atoms with Gasteiger partial charge in [-0.2, -0.15) is 0 Å². The first kappa shape index (κ1) is 18.4. The van der Waals surface area contributed by atoms with E-state index in [1.165, 1.54) is 12.1 Å². The SMILES string of the molecule is CCc1ccc(F)cc1C(O)CCCNC(=O)OC(C)(C)C. The zero-order valence-corrected chi connectivity index (χ0v) is 13.8. The van der Waals surface area contributed by atoms with Gasteiger partial charge >= 0.3 is 6.09 Å². The molecule has 124 valence electrons. The van der Waals surface area contributed by atoms with E-state index in [4.69, 9.17) is 4.74 Å². The summed E-state index contributed by atoms with van der Waals surface area (Å²) in [6, 6.07) is 4.48. The molecule has 1 atom stereocenters. The van der Waals surface area contributed by atoms with Crippen LogP contribution in [0.1, 0.15) is 57.8 Å². The molecule has 5 heteroatoms. The number of alkyl carbamates (subject to hydrolysis) is 1. The quantitative estimate of drug-likeness (QED) is 0.787. The lowest BCUT2D eigenvalue weighted by Gasteiger charge is -2.20. The van der Waals surface area contributed by atoms with Gasteiger partial charge in [0.2, 0.25) is 0 Å². The minimum absolute atomic E-state index is 0.349. The normalized spacial score (nSPS) is 12.8. The van der Waals surface area contributed by atoms with Crippen LogP contribution in [0.3, 0.4) is 0 Å². The van der Waals surface area contributed by atoms with Gasteiger partial charge < -0.3 is 15.2 Å². The van der Waals surface area contributed by atoms with Crippen molar-refractivity contribution in [2.75, 3.05) is 6.54 Å². The Morgan fingerprint density at radius 3 is 2.68 bits per heavy atom. The first-order chi connectivity index (χ1) is 10.2. The molecule has 0 heterocycles. The van der Waals surface area contributed by atoms with E-state index >= 15 is 0 Å². The third kappa shape index (κ3) is 6.43. The van der Waals surface area contributed by atoms with Gasteiger partial charge in [-0.15, -0.1) is 0 Å². The maximum atomic E-state index is 13.3. The summed E-state index contributed by atoms with van der Waals surface area (Å²) in [6.45, 7) is 7.77. The average Bonchev–Trinajstić information content (AvgIpc) is 2.41. The highest BCUT2D eigenvalue weighted by Crippen LogP contribution is 2.23. The predicted molar refractivity (Wildman–Crippen MR) is 84.2 cm³/mol. The molecular weight excluding hydrogens is 285 g/mol. The van der Waals surface area contributed by atoms with Gasteiger partial charge in [-0.3, -0.25) is 0 Å². The van der Waals surface area contributed by atoms with E-state index in [1.54, 1.807) is 26.8 Å². The molecule has 0 aliphatic carbocycles. The number of hydrogen-bond acceptors (Lipinski definition) is 3. The number of nitrogens with one attached hydrogen (secondary N) is 1. The molecule has 0 saturated carbocycles. The summed E-state index contributed by atoms with van der Waals surface area (Å²) in [4.78, 5) is 11.5. The van der Waals surface area contributed by atoms with Crippen LogP contribution in [-0.2, 0) is 11.2 Å². The van der Waals surface area contributed by atoms with Crippen LogP contribution >= 0.6 is 0 Å². The average molecular weight is 311 g/mol. The maximum absolute atomic E-state index is 13.3. The molecule has 1 aromatic carbocycles. The molecular formula is C17H26FNO3. The van der Waals surface area contributed by atoms with Crippen molar-refractivity contribution in [3.05, 3.63) is 35.1 Å². The van der Waals surface area contributed by atoms with Crippen molar-refractivity contribution in [1.29, 1.82) is 0 Å². The van der Waals surface area contributed by atoms with Crippen molar-refractivity contribution in [3.8, 4) is 0 Å². The fourth-order valence-corrected chi connectivity index (χ4v) is 2.15.